The lowest BCUT2D eigenvalue weighted by Gasteiger charge is -2.18. The molecule has 0 spiro atoms. The summed E-state index contributed by atoms with van der Waals surface area (Å²) in [6.07, 6.45) is 9.01. The summed E-state index contributed by atoms with van der Waals surface area (Å²) in [5, 5.41) is 20.8. The fourth-order valence-corrected chi connectivity index (χ4v) is 4.05. The Morgan fingerprint density at radius 3 is 2.77 bits per heavy atom. The third-order valence-electron chi connectivity index (χ3n) is 5.63. The Balaban J connectivity index is 1.86. The maximum atomic E-state index is 12.3. The van der Waals surface area contributed by atoms with Crippen LogP contribution in [0.5, 0.6) is 0 Å². The lowest BCUT2D eigenvalue weighted by molar-refractivity contribution is -0.134. The van der Waals surface area contributed by atoms with E-state index >= 15 is 0 Å². The lowest BCUT2D eigenvalue weighted by Crippen LogP contribution is -2.19. The topological polar surface area (TPSA) is 93.1 Å². The SMILES string of the molecule is COCc1cccc(C[C@@H](O)/C=C/[C@H]2[C@H](O)CC(=O)[C@@H]2CCCC/C=C/C(=O)OC)c1. The van der Waals surface area contributed by atoms with Gasteiger partial charge in [-0.15, -0.1) is 0 Å². The summed E-state index contributed by atoms with van der Waals surface area (Å²) in [5.41, 5.74) is 2.06. The van der Waals surface area contributed by atoms with Crippen LogP contribution in [0.1, 0.15) is 43.2 Å². The second-order valence-corrected chi connectivity index (χ2v) is 8.04. The molecule has 6 heteroatoms. The van der Waals surface area contributed by atoms with Crippen LogP contribution in [0.4, 0.5) is 0 Å². The highest BCUT2D eigenvalue weighted by Crippen LogP contribution is 2.34. The van der Waals surface area contributed by atoms with Crippen LogP contribution in [0.15, 0.2) is 48.6 Å². The molecule has 0 heterocycles. The number of ether oxygens (including phenoxy) is 2. The number of aliphatic hydroxyl groups is 2. The van der Waals surface area contributed by atoms with Crippen molar-refractivity contribution >= 4 is 11.8 Å². The molecule has 2 rings (SSSR count). The van der Waals surface area contributed by atoms with Crippen LogP contribution >= 0.6 is 0 Å². The number of unbranched alkanes of at least 4 members (excludes halogenated alkanes) is 2. The smallest absolute Gasteiger partial charge is 0.330 e. The quantitative estimate of drug-likeness (QED) is 0.229. The van der Waals surface area contributed by atoms with Crippen LogP contribution in [-0.4, -0.2) is 48.4 Å². The number of hydrogen-bond donors (Lipinski definition) is 2. The van der Waals surface area contributed by atoms with Gasteiger partial charge >= 0.3 is 5.97 Å². The van der Waals surface area contributed by atoms with Crippen LogP contribution in [-0.2, 0) is 32.1 Å². The third-order valence-corrected chi connectivity index (χ3v) is 5.63. The van der Waals surface area contributed by atoms with Crippen molar-refractivity contribution in [2.75, 3.05) is 14.2 Å². The monoisotopic (exact) mass is 430 g/mol. The zero-order chi connectivity index (χ0) is 22.6. The number of allylic oxidation sites excluding steroid dienone is 1. The van der Waals surface area contributed by atoms with Crippen LogP contribution in [0.2, 0.25) is 0 Å². The molecular weight excluding hydrogens is 396 g/mol. The highest BCUT2D eigenvalue weighted by atomic mass is 16.5. The molecule has 0 aliphatic heterocycles. The Morgan fingerprint density at radius 1 is 1.26 bits per heavy atom. The zero-order valence-corrected chi connectivity index (χ0v) is 18.4. The Hall–Kier alpha value is -2.28. The number of carbonyl (C=O) groups excluding carboxylic acids is 2. The minimum atomic E-state index is -0.704. The van der Waals surface area contributed by atoms with E-state index in [2.05, 4.69) is 4.74 Å². The number of carbonyl (C=O) groups is 2. The van der Waals surface area contributed by atoms with Crippen molar-refractivity contribution in [1.29, 1.82) is 0 Å². The predicted octanol–water partition coefficient (Wildman–Crippen LogP) is 3.15. The van der Waals surface area contributed by atoms with Gasteiger partial charge in [-0.05, 0) is 30.4 Å². The number of rotatable bonds is 12. The van der Waals surface area contributed by atoms with E-state index in [0.717, 1.165) is 30.4 Å². The first-order valence-corrected chi connectivity index (χ1v) is 10.8. The van der Waals surface area contributed by atoms with Gasteiger partial charge in [-0.2, -0.15) is 0 Å². The van der Waals surface area contributed by atoms with E-state index in [9.17, 15) is 19.8 Å². The largest absolute Gasteiger partial charge is 0.466 e. The van der Waals surface area contributed by atoms with Crippen LogP contribution in [0.3, 0.4) is 0 Å². The number of aliphatic hydroxyl groups excluding tert-OH is 2. The Bertz CT molecular complexity index is 769. The van der Waals surface area contributed by atoms with E-state index in [1.807, 2.05) is 24.3 Å². The predicted molar refractivity (Wildman–Crippen MR) is 118 cm³/mol. The van der Waals surface area contributed by atoms with Crippen molar-refractivity contribution in [1.82, 2.24) is 0 Å². The molecule has 31 heavy (non-hydrogen) atoms. The van der Waals surface area contributed by atoms with Gasteiger partial charge < -0.3 is 19.7 Å². The summed E-state index contributed by atoms with van der Waals surface area (Å²) in [6, 6.07) is 7.88. The van der Waals surface area contributed by atoms with Gasteiger partial charge in [-0.1, -0.05) is 48.9 Å². The van der Waals surface area contributed by atoms with Gasteiger partial charge in [0.2, 0.25) is 0 Å². The molecule has 170 valence electrons. The molecule has 0 aromatic heterocycles. The standard InChI is InChI=1S/C25H34O6/c1-30-17-19-9-7-8-18(14-19)15-20(26)12-13-22-21(23(27)16-24(22)28)10-5-3-4-6-11-25(29)31-2/h6-9,11-14,20-22,24,26,28H,3-5,10,15-17H2,1-2H3/b11-6+,13-12+/t20-,21+,22+,24+/m0/s1. The molecule has 0 radical (unpaired) electrons. The summed E-state index contributed by atoms with van der Waals surface area (Å²) in [7, 11) is 2.99. The van der Waals surface area contributed by atoms with Gasteiger partial charge in [0.05, 0.1) is 25.9 Å². The Labute approximate surface area is 184 Å². The third kappa shape index (κ3) is 8.40. The second-order valence-electron chi connectivity index (χ2n) is 8.04. The molecule has 1 aliphatic carbocycles. The average Bonchev–Trinajstić information content (AvgIpc) is 3.01. The number of Topliss-reactive ketones (excluding diaryl/α,β-unsaturated/α-hetero) is 1. The maximum Gasteiger partial charge on any atom is 0.330 e. The van der Waals surface area contributed by atoms with Crippen molar-refractivity contribution < 1.29 is 29.3 Å². The van der Waals surface area contributed by atoms with Crippen LogP contribution in [0, 0.1) is 11.8 Å². The van der Waals surface area contributed by atoms with E-state index in [1.165, 1.54) is 13.2 Å². The molecule has 0 unspecified atom stereocenters. The van der Waals surface area contributed by atoms with Crippen molar-refractivity contribution in [2.45, 2.75) is 57.3 Å². The molecular formula is C25H34O6. The summed E-state index contributed by atoms with van der Waals surface area (Å²) in [6.45, 7) is 0.524. The van der Waals surface area contributed by atoms with E-state index in [0.29, 0.717) is 19.4 Å². The normalized spacial score (nSPS) is 22.5. The van der Waals surface area contributed by atoms with Crippen molar-refractivity contribution in [3.63, 3.8) is 0 Å². The molecule has 1 fully saturated rings. The molecule has 1 aromatic rings. The molecule has 1 saturated carbocycles. The summed E-state index contributed by atoms with van der Waals surface area (Å²) in [5.74, 6) is -0.794. The van der Waals surface area contributed by atoms with Gasteiger partial charge in [0.25, 0.3) is 0 Å². The molecule has 0 saturated heterocycles. The van der Waals surface area contributed by atoms with Crippen molar-refractivity contribution in [2.24, 2.45) is 11.8 Å². The molecule has 0 bridgehead atoms. The Kier molecular flexibility index (Phi) is 10.6. The summed E-state index contributed by atoms with van der Waals surface area (Å²) in [4.78, 5) is 23.4. The minimum Gasteiger partial charge on any atom is -0.466 e. The summed E-state index contributed by atoms with van der Waals surface area (Å²) >= 11 is 0. The second kappa shape index (κ2) is 13.2. The number of benzene rings is 1. The molecule has 2 N–H and O–H groups in total. The highest BCUT2D eigenvalue weighted by molar-refractivity contribution is 5.84. The zero-order valence-electron chi connectivity index (χ0n) is 18.4. The lowest BCUT2D eigenvalue weighted by atomic mass is 9.88. The molecule has 4 atom stereocenters. The van der Waals surface area contributed by atoms with Crippen LogP contribution < -0.4 is 0 Å². The van der Waals surface area contributed by atoms with Crippen LogP contribution in [0.25, 0.3) is 0 Å². The molecule has 1 aliphatic rings. The average molecular weight is 431 g/mol. The van der Waals surface area contributed by atoms with E-state index in [1.54, 1.807) is 25.3 Å². The number of ketones is 1. The van der Waals surface area contributed by atoms with Gasteiger partial charge in [-0.25, -0.2) is 4.79 Å². The fourth-order valence-electron chi connectivity index (χ4n) is 4.05. The number of methoxy groups -OCH3 is 2. The van der Waals surface area contributed by atoms with E-state index in [-0.39, 0.29) is 30.0 Å². The van der Waals surface area contributed by atoms with Crippen molar-refractivity contribution in [3.8, 4) is 0 Å². The maximum absolute atomic E-state index is 12.3. The van der Waals surface area contributed by atoms with E-state index < -0.39 is 12.2 Å². The first-order chi connectivity index (χ1) is 14.9. The molecule has 6 nitrogen and oxygen atoms in total. The summed E-state index contributed by atoms with van der Waals surface area (Å²) < 4.78 is 9.69. The minimum absolute atomic E-state index is 0.0778. The number of esters is 1. The molecule has 0 amide bonds. The van der Waals surface area contributed by atoms with E-state index in [4.69, 9.17) is 4.74 Å². The number of hydrogen-bond acceptors (Lipinski definition) is 6. The first kappa shape index (κ1) is 25.0. The fraction of sp³-hybridized carbons (Fsp3) is 0.520. The van der Waals surface area contributed by atoms with Gasteiger partial charge in [0.15, 0.2) is 0 Å². The highest BCUT2D eigenvalue weighted by Gasteiger charge is 2.39. The first-order valence-electron chi connectivity index (χ1n) is 10.8. The Morgan fingerprint density at radius 2 is 2.03 bits per heavy atom. The van der Waals surface area contributed by atoms with Gasteiger partial charge in [-0.3, -0.25) is 4.79 Å². The van der Waals surface area contributed by atoms with Gasteiger partial charge in [0, 0.05) is 37.9 Å². The molecule has 1 aromatic carbocycles. The van der Waals surface area contributed by atoms with Crippen molar-refractivity contribution in [3.05, 3.63) is 59.7 Å². The van der Waals surface area contributed by atoms with Gasteiger partial charge in [0.1, 0.15) is 5.78 Å².